The van der Waals surface area contributed by atoms with E-state index in [1.54, 1.807) is 17.4 Å². The van der Waals surface area contributed by atoms with Gasteiger partial charge in [-0.2, -0.15) is 11.3 Å². The molecule has 0 saturated heterocycles. The fourth-order valence-electron chi connectivity index (χ4n) is 2.00. The van der Waals surface area contributed by atoms with Crippen molar-refractivity contribution in [3.05, 3.63) is 40.3 Å². The van der Waals surface area contributed by atoms with Crippen LogP contribution in [0, 0.1) is 0 Å². The summed E-state index contributed by atoms with van der Waals surface area (Å²) in [5.74, 6) is -0.0552. The summed E-state index contributed by atoms with van der Waals surface area (Å²) >= 11 is 1.67. The van der Waals surface area contributed by atoms with Crippen molar-refractivity contribution in [2.75, 3.05) is 12.3 Å². The van der Waals surface area contributed by atoms with Crippen LogP contribution in [-0.2, 0) is 13.0 Å². The van der Waals surface area contributed by atoms with E-state index < -0.39 is 0 Å². The second-order valence-corrected chi connectivity index (χ2v) is 5.27. The minimum atomic E-state index is -0.0552. The molecule has 2 rings (SSSR count). The first-order chi connectivity index (χ1) is 9.20. The van der Waals surface area contributed by atoms with E-state index in [-0.39, 0.29) is 5.91 Å². The molecule has 0 aliphatic rings. The van der Waals surface area contributed by atoms with Gasteiger partial charge in [-0.15, -0.1) is 0 Å². The largest absolute Gasteiger partial charge is 0.397 e. The quantitative estimate of drug-likeness (QED) is 0.852. The van der Waals surface area contributed by atoms with Crippen molar-refractivity contribution in [3.63, 3.8) is 0 Å². The molecule has 0 unspecified atom stereocenters. The van der Waals surface area contributed by atoms with Gasteiger partial charge in [0.05, 0.1) is 5.69 Å². The summed E-state index contributed by atoms with van der Waals surface area (Å²) in [5.41, 5.74) is 8.29. The number of carbonyl (C=O) groups is 1. The van der Waals surface area contributed by atoms with Crippen LogP contribution in [0.2, 0.25) is 0 Å². The molecule has 4 nitrogen and oxygen atoms in total. The van der Waals surface area contributed by atoms with Crippen LogP contribution in [0.25, 0.3) is 0 Å². The van der Waals surface area contributed by atoms with Gasteiger partial charge < -0.3 is 15.6 Å². The Balaban J connectivity index is 1.92. The molecule has 2 aromatic rings. The molecule has 102 valence electrons. The molecule has 1 amide bonds. The first kappa shape index (κ1) is 13.7. The Hall–Kier alpha value is -1.75. The van der Waals surface area contributed by atoms with Crippen LogP contribution >= 0.6 is 11.3 Å². The highest BCUT2D eigenvalue weighted by Gasteiger charge is 2.11. The second-order valence-electron chi connectivity index (χ2n) is 4.49. The Labute approximate surface area is 117 Å². The van der Waals surface area contributed by atoms with Crippen molar-refractivity contribution < 1.29 is 4.79 Å². The Kier molecular flexibility index (Phi) is 4.63. The number of nitrogens with two attached hydrogens (primary N) is 1. The highest BCUT2D eigenvalue weighted by molar-refractivity contribution is 7.07. The molecular formula is C14H19N3OS. The number of carbonyl (C=O) groups excluding carboxylic acids is 1. The fourth-order valence-corrected chi connectivity index (χ4v) is 2.70. The Bertz CT molecular complexity index is 531. The van der Waals surface area contributed by atoms with E-state index in [2.05, 4.69) is 23.7 Å². The summed E-state index contributed by atoms with van der Waals surface area (Å²) in [6.45, 7) is 3.53. The molecule has 2 aromatic heterocycles. The van der Waals surface area contributed by atoms with Crippen molar-refractivity contribution in [3.8, 4) is 0 Å². The van der Waals surface area contributed by atoms with E-state index in [0.29, 0.717) is 17.9 Å². The van der Waals surface area contributed by atoms with Gasteiger partial charge in [-0.3, -0.25) is 4.79 Å². The summed E-state index contributed by atoms with van der Waals surface area (Å²) in [7, 11) is 0. The van der Waals surface area contributed by atoms with Crippen LogP contribution in [0.5, 0.6) is 0 Å². The van der Waals surface area contributed by atoms with E-state index in [4.69, 9.17) is 5.73 Å². The molecular weight excluding hydrogens is 258 g/mol. The van der Waals surface area contributed by atoms with Gasteiger partial charge in [-0.05, 0) is 41.3 Å². The lowest BCUT2D eigenvalue weighted by molar-refractivity contribution is 0.0945. The average Bonchev–Trinajstić information content (AvgIpc) is 2.99. The SMILES string of the molecule is CCCn1cc(N)cc1C(=O)NCCc1ccsc1. The van der Waals surface area contributed by atoms with Crippen LogP contribution in [0.4, 0.5) is 5.69 Å². The number of nitrogens with zero attached hydrogens (tertiary/aromatic N) is 1. The minimum absolute atomic E-state index is 0.0552. The van der Waals surface area contributed by atoms with Crippen molar-refractivity contribution in [1.82, 2.24) is 9.88 Å². The van der Waals surface area contributed by atoms with Gasteiger partial charge in [0.2, 0.25) is 0 Å². The predicted molar refractivity (Wildman–Crippen MR) is 79.5 cm³/mol. The molecule has 0 aliphatic heterocycles. The normalized spacial score (nSPS) is 10.6. The molecule has 0 aliphatic carbocycles. The maximum absolute atomic E-state index is 12.1. The first-order valence-corrected chi connectivity index (χ1v) is 7.40. The number of hydrogen-bond acceptors (Lipinski definition) is 3. The molecule has 0 spiro atoms. The third-order valence-electron chi connectivity index (χ3n) is 2.89. The molecule has 0 bridgehead atoms. The number of amides is 1. The van der Waals surface area contributed by atoms with Crippen LogP contribution in [-0.4, -0.2) is 17.0 Å². The van der Waals surface area contributed by atoms with Crippen LogP contribution in [0.3, 0.4) is 0 Å². The monoisotopic (exact) mass is 277 g/mol. The molecule has 0 atom stereocenters. The molecule has 19 heavy (non-hydrogen) atoms. The van der Waals surface area contributed by atoms with Crippen molar-refractivity contribution >= 4 is 22.9 Å². The number of nitrogens with one attached hydrogen (secondary N) is 1. The smallest absolute Gasteiger partial charge is 0.267 e. The number of anilines is 1. The Morgan fingerprint density at radius 3 is 3.05 bits per heavy atom. The number of thiophene rings is 1. The van der Waals surface area contributed by atoms with Gasteiger partial charge in [0, 0.05) is 19.3 Å². The lowest BCUT2D eigenvalue weighted by atomic mass is 10.2. The zero-order valence-corrected chi connectivity index (χ0v) is 11.9. The number of nitrogen functional groups attached to an aromatic ring is 1. The average molecular weight is 277 g/mol. The molecule has 3 N–H and O–H groups in total. The third-order valence-corrected chi connectivity index (χ3v) is 3.63. The summed E-state index contributed by atoms with van der Waals surface area (Å²) in [6, 6.07) is 3.81. The highest BCUT2D eigenvalue weighted by Crippen LogP contribution is 2.11. The molecule has 0 aromatic carbocycles. The van der Waals surface area contributed by atoms with Crippen LogP contribution < -0.4 is 11.1 Å². The van der Waals surface area contributed by atoms with Gasteiger partial charge in [-0.25, -0.2) is 0 Å². The Morgan fingerprint density at radius 1 is 1.53 bits per heavy atom. The first-order valence-electron chi connectivity index (χ1n) is 6.45. The number of hydrogen-bond donors (Lipinski definition) is 2. The summed E-state index contributed by atoms with van der Waals surface area (Å²) in [5, 5.41) is 7.09. The maximum Gasteiger partial charge on any atom is 0.267 e. The minimum Gasteiger partial charge on any atom is -0.397 e. The van der Waals surface area contributed by atoms with Gasteiger partial charge in [0.1, 0.15) is 5.69 Å². The van der Waals surface area contributed by atoms with Gasteiger partial charge in [0.15, 0.2) is 0 Å². The summed E-state index contributed by atoms with van der Waals surface area (Å²) < 4.78 is 1.91. The number of aryl methyl sites for hydroxylation is 1. The lowest BCUT2D eigenvalue weighted by Gasteiger charge is -2.08. The summed E-state index contributed by atoms with van der Waals surface area (Å²) in [6.07, 6.45) is 3.65. The topological polar surface area (TPSA) is 60.0 Å². The predicted octanol–water partition coefficient (Wildman–Crippen LogP) is 2.51. The zero-order chi connectivity index (χ0) is 13.7. The highest BCUT2D eigenvalue weighted by atomic mass is 32.1. The summed E-state index contributed by atoms with van der Waals surface area (Å²) in [4.78, 5) is 12.1. The molecule has 0 fully saturated rings. The maximum atomic E-state index is 12.1. The van der Waals surface area contributed by atoms with Crippen molar-refractivity contribution in [1.29, 1.82) is 0 Å². The van der Waals surface area contributed by atoms with Gasteiger partial charge >= 0.3 is 0 Å². The van der Waals surface area contributed by atoms with E-state index in [1.165, 1.54) is 5.56 Å². The van der Waals surface area contributed by atoms with Crippen LogP contribution in [0.1, 0.15) is 29.4 Å². The second kappa shape index (κ2) is 6.43. The lowest BCUT2D eigenvalue weighted by Crippen LogP contribution is -2.27. The molecule has 5 heteroatoms. The zero-order valence-electron chi connectivity index (χ0n) is 11.1. The van der Waals surface area contributed by atoms with E-state index in [1.807, 2.05) is 16.1 Å². The van der Waals surface area contributed by atoms with Crippen molar-refractivity contribution in [2.45, 2.75) is 26.3 Å². The van der Waals surface area contributed by atoms with E-state index in [9.17, 15) is 4.79 Å². The van der Waals surface area contributed by atoms with Gasteiger partial charge in [-0.1, -0.05) is 6.92 Å². The van der Waals surface area contributed by atoms with E-state index in [0.717, 1.165) is 19.4 Å². The van der Waals surface area contributed by atoms with Crippen LogP contribution in [0.15, 0.2) is 29.1 Å². The number of aromatic nitrogens is 1. The van der Waals surface area contributed by atoms with Gasteiger partial charge in [0.25, 0.3) is 5.91 Å². The standard InChI is InChI=1S/C14H19N3OS/c1-2-6-17-9-12(15)8-13(17)14(18)16-5-3-11-4-7-19-10-11/h4,7-10H,2-3,5-6,15H2,1H3,(H,16,18). The fraction of sp³-hybridized carbons (Fsp3) is 0.357. The Morgan fingerprint density at radius 2 is 2.37 bits per heavy atom. The van der Waals surface area contributed by atoms with Crippen molar-refractivity contribution in [2.24, 2.45) is 0 Å². The number of rotatable bonds is 6. The molecule has 0 saturated carbocycles. The third kappa shape index (κ3) is 3.61. The molecule has 2 heterocycles. The van der Waals surface area contributed by atoms with E-state index >= 15 is 0 Å². The molecule has 0 radical (unpaired) electrons.